The Morgan fingerprint density at radius 2 is 1.95 bits per heavy atom. The molecule has 1 aromatic rings. The number of halogens is 1. The van der Waals surface area contributed by atoms with Crippen LogP contribution in [0.5, 0.6) is 0 Å². The molecule has 1 atom stereocenters. The van der Waals surface area contributed by atoms with E-state index < -0.39 is 17.4 Å². The summed E-state index contributed by atoms with van der Waals surface area (Å²) in [5.41, 5.74) is -0.262. The summed E-state index contributed by atoms with van der Waals surface area (Å²) < 4.78 is 5.04. The lowest BCUT2D eigenvalue weighted by Crippen LogP contribution is -2.41. The fourth-order valence-electron chi connectivity index (χ4n) is 2.43. The number of hydrogen-bond donors (Lipinski definition) is 2. The van der Waals surface area contributed by atoms with Crippen molar-refractivity contribution in [2.45, 2.75) is 19.8 Å². The molecule has 2 rings (SSSR count). The van der Waals surface area contributed by atoms with E-state index in [0.29, 0.717) is 21.3 Å². The lowest BCUT2D eigenvalue weighted by atomic mass is 9.84. The van der Waals surface area contributed by atoms with Crippen LogP contribution in [-0.4, -0.2) is 29.1 Å². The second-order valence-corrected chi connectivity index (χ2v) is 5.38. The molecular weight excluding hydrogens is 318 g/mol. The third-order valence-electron chi connectivity index (χ3n) is 3.59. The molecule has 102 valence electrons. The lowest BCUT2D eigenvalue weighted by molar-refractivity contribution is -0.166. The van der Waals surface area contributed by atoms with Crippen LogP contribution in [0.1, 0.15) is 16.7 Å². The van der Waals surface area contributed by atoms with Crippen LogP contribution in [0.4, 0.5) is 0 Å². The van der Waals surface area contributed by atoms with Crippen LogP contribution in [0.3, 0.4) is 0 Å². The third-order valence-corrected chi connectivity index (χ3v) is 4.27. The van der Waals surface area contributed by atoms with Crippen molar-refractivity contribution in [3.05, 3.63) is 31.6 Å². The number of carboxylic acids is 1. The van der Waals surface area contributed by atoms with Crippen molar-refractivity contribution in [3.63, 3.8) is 0 Å². The van der Waals surface area contributed by atoms with Gasteiger partial charge in [-0.05, 0) is 34.0 Å². The number of carboxylic acid groups (broad SMARTS) is 1. The highest BCUT2D eigenvalue weighted by Gasteiger charge is 2.53. The van der Waals surface area contributed by atoms with Crippen molar-refractivity contribution in [1.29, 1.82) is 0 Å². The number of methoxy groups -OCH3 is 1. The van der Waals surface area contributed by atoms with Crippen molar-refractivity contribution >= 4 is 27.9 Å². The van der Waals surface area contributed by atoms with Crippen LogP contribution in [-0.2, 0) is 27.2 Å². The second-order valence-electron chi connectivity index (χ2n) is 4.58. The highest BCUT2D eigenvalue weighted by atomic mass is 79.9. The number of aliphatic carboxylic acids is 1. The van der Waals surface area contributed by atoms with Gasteiger partial charge in [-0.15, -0.1) is 0 Å². The van der Waals surface area contributed by atoms with Gasteiger partial charge in [0.2, 0.25) is 0 Å². The number of pyridine rings is 1. The largest absolute Gasteiger partial charge is 0.480 e. The minimum atomic E-state index is -1.65. The van der Waals surface area contributed by atoms with Gasteiger partial charge in [0, 0.05) is 18.4 Å². The van der Waals surface area contributed by atoms with Crippen LogP contribution < -0.4 is 5.56 Å². The first-order chi connectivity index (χ1) is 8.83. The average Bonchev–Trinajstić information content (AvgIpc) is 2.77. The zero-order valence-corrected chi connectivity index (χ0v) is 12.0. The number of hydrogen-bond acceptors (Lipinski definition) is 4. The van der Waals surface area contributed by atoms with Gasteiger partial charge in [-0.25, -0.2) is 0 Å². The van der Waals surface area contributed by atoms with Gasteiger partial charge in [-0.2, -0.15) is 0 Å². The maximum Gasteiger partial charge on any atom is 0.323 e. The molecule has 7 heteroatoms. The first-order valence-corrected chi connectivity index (χ1v) is 6.34. The van der Waals surface area contributed by atoms with Crippen molar-refractivity contribution in [1.82, 2.24) is 4.98 Å². The van der Waals surface area contributed by atoms with Gasteiger partial charge in [-0.1, -0.05) is 0 Å². The lowest BCUT2D eigenvalue weighted by Gasteiger charge is -2.20. The first-order valence-electron chi connectivity index (χ1n) is 5.55. The number of aromatic amines is 1. The molecule has 1 aromatic heterocycles. The molecule has 0 radical (unpaired) electrons. The number of rotatable bonds is 2. The van der Waals surface area contributed by atoms with Crippen LogP contribution >= 0.6 is 15.9 Å². The predicted molar refractivity (Wildman–Crippen MR) is 69.0 cm³/mol. The average molecular weight is 330 g/mol. The second kappa shape index (κ2) is 4.48. The highest BCUT2D eigenvalue weighted by molar-refractivity contribution is 9.10. The molecule has 0 amide bonds. The number of esters is 1. The fraction of sp³-hybridized carbons (Fsp3) is 0.417. The quantitative estimate of drug-likeness (QED) is 0.475. The van der Waals surface area contributed by atoms with Crippen molar-refractivity contribution < 1.29 is 19.4 Å². The Labute approximate surface area is 116 Å². The summed E-state index contributed by atoms with van der Waals surface area (Å²) in [4.78, 5) is 37.6. The molecule has 0 aromatic carbocycles. The maximum absolute atomic E-state index is 11.8. The molecule has 0 saturated carbocycles. The zero-order valence-electron chi connectivity index (χ0n) is 10.4. The van der Waals surface area contributed by atoms with E-state index in [2.05, 4.69) is 25.7 Å². The number of nitrogens with one attached hydrogen (secondary N) is 1. The molecule has 1 heterocycles. The van der Waals surface area contributed by atoms with E-state index in [1.165, 1.54) is 0 Å². The smallest absolute Gasteiger partial charge is 0.323 e. The molecule has 0 fully saturated rings. The predicted octanol–water partition coefficient (Wildman–Crippen LogP) is 0.788. The molecule has 0 bridgehead atoms. The standard InChI is InChI=1S/C12H12BrNO5/c1-5-6-3-12(10(16)17,11(18)19-2)4-7(6)8(13)14-9(5)15/h3-4H2,1-2H3,(H,14,15)(H,16,17). The summed E-state index contributed by atoms with van der Waals surface area (Å²) in [6, 6.07) is 0. The Bertz CT molecular complexity index is 636. The molecule has 0 saturated heterocycles. The molecule has 19 heavy (non-hydrogen) atoms. The summed E-state index contributed by atoms with van der Waals surface area (Å²) in [7, 11) is 1.16. The molecule has 1 aliphatic carbocycles. The van der Waals surface area contributed by atoms with E-state index in [-0.39, 0.29) is 18.4 Å². The van der Waals surface area contributed by atoms with E-state index >= 15 is 0 Å². The summed E-state index contributed by atoms with van der Waals surface area (Å²) in [6.07, 6.45) is -0.0266. The molecule has 0 aliphatic heterocycles. The van der Waals surface area contributed by atoms with Crippen LogP contribution in [0.15, 0.2) is 9.40 Å². The molecule has 1 unspecified atom stereocenters. The summed E-state index contributed by atoms with van der Waals surface area (Å²) in [6.45, 7) is 1.61. The van der Waals surface area contributed by atoms with Gasteiger partial charge in [0.15, 0.2) is 5.41 Å². The minimum absolute atomic E-state index is 0.00252. The Kier molecular flexibility index (Phi) is 3.25. The number of aromatic nitrogens is 1. The monoisotopic (exact) mass is 329 g/mol. The molecular formula is C12H12BrNO5. The molecule has 2 N–H and O–H groups in total. The van der Waals surface area contributed by atoms with E-state index in [1.807, 2.05) is 0 Å². The Balaban J connectivity index is 2.63. The van der Waals surface area contributed by atoms with Crippen molar-refractivity contribution in [3.8, 4) is 0 Å². The highest BCUT2D eigenvalue weighted by Crippen LogP contribution is 2.41. The van der Waals surface area contributed by atoms with E-state index in [1.54, 1.807) is 6.92 Å². The van der Waals surface area contributed by atoms with E-state index in [9.17, 15) is 19.5 Å². The molecule has 6 nitrogen and oxygen atoms in total. The number of H-pyrrole nitrogens is 1. The fourth-order valence-corrected chi connectivity index (χ4v) is 2.99. The summed E-state index contributed by atoms with van der Waals surface area (Å²) in [5.74, 6) is -2.04. The van der Waals surface area contributed by atoms with Crippen LogP contribution in [0.25, 0.3) is 0 Å². The van der Waals surface area contributed by atoms with E-state index in [4.69, 9.17) is 0 Å². The van der Waals surface area contributed by atoms with Crippen molar-refractivity contribution in [2.24, 2.45) is 5.41 Å². The van der Waals surface area contributed by atoms with Crippen LogP contribution in [0, 0.1) is 12.3 Å². The van der Waals surface area contributed by atoms with Gasteiger partial charge in [0.25, 0.3) is 5.56 Å². The maximum atomic E-state index is 11.8. The molecule has 1 aliphatic rings. The normalized spacial score (nSPS) is 21.0. The van der Waals surface area contributed by atoms with Gasteiger partial charge < -0.3 is 14.8 Å². The summed E-state index contributed by atoms with van der Waals surface area (Å²) in [5, 5.41) is 9.38. The van der Waals surface area contributed by atoms with E-state index in [0.717, 1.165) is 7.11 Å². The Morgan fingerprint density at radius 3 is 2.47 bits per heavy atom. The van der Waals surface area contributed by atoms with Gasteiger partial charge in [0.05, 0.1) is 11.7 Å². The SMILES string of the molecule is COC(=O)C1(C(=O)O)Cc2c(Br)[nH]c(=O)c(C)c2C1. The van der Waals surface area contributed by atoms with Gasteiger partial charge in [0.1, 0.15) is 0 Å². The minimum Gasteiger partial charge on any atom is -0.480 e. The van der Waals surface area contributed by atoms with Gasteiger partial charge >= 0.3 is 11.9 Å². The number of ether oxygens (including phenoxy) is 1. The Morgan fingerprint density at radius 1 is 1.37 bits per heavy atom. The van der Waals surface area contributed by atoms with Crippen molar-refractivity contribution in [2.75, 3.05) is 7.11 Å². The third kappa shape index (κ3) is 1.88. The number of carbonyl (C=O) groups excluding carboxylic acids is 1. The van der Waals surface area contributed by atoms with Gasteiger partial charge in [-0.3, -0.25) is 14.4 Å². The zero-order chi connectivity index (χ0) is 14.4. The Hall–Kier alpha value is -1.63. The topological polar surface area (TPSA) is 96.5 Å². The van der Waals surface area contributed by atoms with Crippen LogP contribution in [0.2, 0.25) is 0 Å². The summed E-state index contributed by atoms with van der Waals surface area (Å²) >= 11 is 3.20. The number of fused-ring (bicyclic) bond motifs is 1. The first kappa shape index (κ1) is 13.8. The number of carbonyl (C=O) groups is 2. The molecule has 0 spiro atoms.